The fraction of sp³-hybridized carbons (Fsp3) is 0.333. The molecule has 0 bridgehead atoms. The first-order valence-corrected chi connectivity index (χ1v) is 12.5. The molecular weight excluding hydrogens is 493 g/mol. The number of imidazole rings is 1. The van der Waals surface area contributed by atoms with Gasteiger partial charge in [-0.15, -0.1) is 0 Å². The molecule has 1 aromatic heterocycles. The van der Waals surface area contributed by atoms with Gasteiger partial charge in [-0.25, -0.2) is 9.78 Å². The summed E-state index contributed by atoms with van der Waals surface area (Å²) < 4.78 is 53.4. The first kappa shape index (κ1) is 27.2. The monoisotopic (exact) mass is 524 g/mol. The van der Waals surface area contributed by atoms with Gasteiger partial charge >= 0.3 is 12.1 Å². The van der Waals surface area contributed by atoms with Gasteiger partial charge in [-0.05, 0) is 47.2 Å². The molecule has 0 radical (unpaired) electrons. The van der Waals surface area contributed by atoms with Crippen molar-refractivity contribution in [3.63, 3.8) is 0 Å². The van der Waals surface area contributed by atoms with Gasteiger partial charge in [0, 0.05) is 18.5 Å². The van der Waals surface area contributed by atoms with Crippen LogP contribution in [0.25, 0.3) is 11.0 Å². The van der Waals surface area contributed by atoms with Gasteiger partial charge < -0.3 is 14.0 Å². The largest absolute Gasteiger partial charge is 0.482 e. The highest BCUT2D eigenvalue weighted by molar-refractivity contribution is 5.78. The van der Waals surface area contributed by atoms with Gasteiger partial charge in [0.15, 0.2) is 6.61 Å². The molecule has 8 heteroatoms. The molecule has 4 rings (SSSR count). The third-order valence-electron chi connectivity index (χ3n) is 6.50. The van der Waals surface area contributed by atoms with E-state index in [1.165, 1.54) is 24.8 Å². The highest BCUT2D eigenvalue weighted by Crippen LogP contribution is 2.35. The number of benzene rings is 3. The van der Waals surface area contributed by atoms with E-state index in [9.17, 15) is 18.0 Å². The highest BCUT2D eigenvalue weighted by atomic mass is 19.4. The van der Waals surface area contributed by atoms with Crippen molar-refractivity contribution >= 4 is 17.0 Å². The van der Waals surface area contributed by atoms with Crippen LogP contribution in [0.1, 0.15) is 54.8 Å². The van der Waals surface area contributed by atoms with Crippen LogP contribution in [0.3, 0.4) is 0 Å². The molecule has 0 aliphatic carbocycles. The van der Waals surface area contributed by atoms with Crippen molar-refractivity contribution in [3.8, 4) is 5.75 Å². The number of fused-ring (bicyclic) bond motifs is 1. The minimum atomic E-state index is -4.47. The first-order valence-electron chi connectivity index (χ1n) is 12.5. The maximum atomic E-state index is 13.8. The van der Waals surface area contributed by atoms with E-state index in [0.717, 1.165) is 18.1 Å². The quantitative estimate of drug-likeness (QED) is 0.221. The number of nitrogens with zero attached hydrogens (tertiary/aromatic N) is 2. The highest BCUT2D eigenvalue weighted by Gasteiger charge is 2.33. The van der Waals surface area contributed by atoms with Gasteiger partial charge in [0.25, 0.3) is 0 Å². The molecule has 1 unspecified atom stereocenters. The van der Waals surface area contributed by atoms with Crippen LogP contribution in [0, 0.1) is 5.92 Å². The van der Waals surface area contributed by atoms with E-state index < -0.39 is 17.7 Å². The smallest absolute Gasteiger partial charge is 0.416 e. The van der Waals surface area contributed by atoms with Crippen LogP contribution < -0.4 is 4.74 Å². The minimum Gasteiger partial charge on any atom is -0.482 e. The van der Waals surface area contributed by atoms with Crippen molar-refractivity contribution in [2.75, 3.05) is 13.7 Å². The van der Waals surface area contributed by atoms with Crippen molar-refractivity contribution in [1.82, 2.24) is 9.55 Å². The van der Waals surface area contributed by atoms with E-state index in [1.807, 2.05) is 11.5 Å². The Labute approximate surface area is 220 Å². The Bertz CT molecular complexity index is 1410. The average molecular weight is 525 g/mol. The molecule has 3 aromatic carbocycles. The van der Waals surface area contributed by atoms with Crippen molar-refractivity contribution in [2.45, 2.75) is 45.8 Å². The summed E-state index contributed by atoms with van der Waals surface area (Å²) in [6.45, 7) is 6.08. The molecule has 0 aliphatic rings. The fourth-order valence-electron chi connectivity index (χ4n) is 4.58. The van der Waals surface area contributed by atoms with E-state index in [1.54, 1.807) is 24.3 Å². The molecule has 0 saturated carbocycles. The number of carbonyl (C=O) groups excluding carboxylic acids is 1. The Morgan fingerprint density at radius 2 is 1.71 bits per heavy atom. The fourth-order valence-corrected chi connectivity index (χ4v) is 4.58. The number of rotatable bonds is 9. The third-order valence-corrected chi connectivity index (χ3v) is 6.50. The zero-order valence-electron chi connectivity index (χ0n) is 21.9. The van der Waals surface area contributed by atoms with E-state index in [4.69, 9.17) is 9.72 Å². The normalized spacial score (nSPS) is 12.6. The summed E-state index contributed by atoms with van der Waals surface area (Å²) in [6.07, 6.45) is -3.50. The predicted molar refractivity (Wildman–Crippen MR) is 140 cm³/mol. The molecule has 0 spiro atoms. The molecule has 0 amide bonds. The number of alkyl halides is 3. The summed E-state index contributed by atoms with van der Waals surface area (Å²) in [5.41, 5.74) is 2.97. The first-order chi connectivity index (χ1) is 18.1. The average Bonchev–Trinajstić information content (AvgIpc) is 3.24. The summed E-state index contributed by atoms with van der Waals surface area (Å²) >= 11 is 0. The lowest BCUT2D eigenvalue weighted by molar-refractivity contribution is -0.143. The SMILES string of the molecule is COC(=O)COc1ccc2c(c1)nc(C(C)c1ccc(CC(C)C)cc1)n2Cc1ccccc1C(F)(F)F. The van der Waals surface area contributed by atoms with Crippen LogP contribution in [0.15, 0.2) is 66.7 Å². The van der Waals surface area contributed by atoms with Gasteiger partial charge in [0.1, 0.15) is 11.6 Å². The summed E-state index contributed by atoms with van der Waals surface area (Å²) in [5, 5.41) is 0. The molecule has 1 heterocycles. The zero-order chi connectivity index (χ0) is 27.4. The Balaban J connectivity index is 1.77. The standard InChI is InChI=1S/C30H31F3N2O3/c1-19(2)15-21-9-11-22(12-10-21)20(3)29-34-26-16-24(38-18-28(36)37-4)13-14-27(26)35(29)17-23-7-5-6-8-25(23)30(31,32)33/h5-14,16,19-20H,15,17-18H2,1-4H3. The summed E-state index contributed by atoms with van der Waals surface area (Å²) in [7, 11) is 1.28. The molecule has 0 fully saturated rings. The minimum absolute atomic E-state index is 0.000343. The molecule has 38 heavy (non-hydrogen) atoms. The summed E-state index contributed by atoms with van der Waals surface area (Å²) in [4.78, 5) is 16.3. The number of halogens is 3. The lowest BCUT2D eigenvalue weighted by Crippen LogP contribution is -2.14. The summed E-state index contributed by atoms with van der Waals surface area (Å²) in [6, 6.07) is 19.0. The number of hydrogen-bond donors (Lipinski definition) is 0. The summed E-state index contributed by atoms with van der Waals surface area (Å²) in [5.74, 6) is 0.883. The van der Waals surface area contributed by atoms with E-state index in [2.05, 4.69) is 42.8 Å². The lowest BCUT2D eigenvalue weighted by Gasteiger charge is -2.18. The van der Waals surface area contributed by atoms with Crippen LogP contribution in [0.5, 0.6) is 5.75 Å². The molecule has 0 N–H and O–H groups in total. The second-order valence-electron chi connectivity index (χ2n) is 9.79. The number of carbonyl (C=O) groups is 1. The van der Waals surface area contributed by atoms with Crippen LogP contribution in [-0.4, -0.2) is 29.2 Å². The lowest BCUT2D eigenvalue weighted by atomic mass is 9.96. The molecular formula is C30H31F3N2O3. The second-order valence-corrected chi connectivity index (χ2v) is 9.79. The Morgan fingerprint density at radius 1 is 1.00 bits per heavy atom. The van der Waals surface area contributed by atoms with Gasteiger partial charge in [-0.2, -0.15) is 13.2 Å². The molecule has 1 atom stereocenters. The number of aromatic nitrogens is 2. The topological polar surface area (TPSA) is 53.4 Å². The van der Waals surface area contributed by atoms with Gasteiger partial charge in [-0.3, -0.25) is 0 Å². The second kappa shape index (κ2) is 11.3. The van der Waals surface area contributed by atoms with Crippen molar-refractivity contribution in [3.05, 3.63) is 94.8 Å². The van der Waals surface area contributed by atoms with Crippen LogP contribution in [0.2, 0.25) is 0 Å². The molecule has 200 valence electrons. The maximum absolute atomic E-state index is 13.8. The molecule has 4 aromatic rings. The molecule has 5 nitrogen and oxygen atoms in total. The predicted octanol–water partition coefficient (Wildman–Crippen LogP) is 7.01. The zero-order valence-corrected chi connectivity index (χ0v) is 21.9. The third kappa shape index (κ3) is 6.18. The Morgan fingerprint density at radius 3 is 2.37 bits per heavy atom. The van der Waals surface area contributed by atoms with Crippen LogP contribution >= 0.6 is 0 Å². The van der Waals surface area contributed by atoms with Crippen molar-refractivity contribution < 1.29 is 27.4 Å². The molecule has 0 aliphatic heterocycles. The van der Waals surface area contributed by atoms with Crippen molar-refractivity contribution in [2.24, 2.45) is 5.92 Å². The number of hydrogen-bond acceptors (Lipinski definition) is 4. The number of esters is 1. The van der Waals surface area contributed by atoms with Crippen LogP contribution in [-0.2, 0) is 28.7 Å². The maximum Gasteiger partial charge on any atom is 0.416 e. The molecule has 0 saturated heterocycles. The van der Waals surface area contributed by atoms with E-state index >= 15 is 0 Å². The van der Waals surface area contributed by atoms with Gasteiger partial charge in [-0.1, -0.05) is 63.2 Å². The van der Waals surface area contributed by atoms with E-state index in [0.29, 0.717) is 28.5 Å². The van der Waals surface area contributed by atoms with Gasteiger partial charge in [0.05, 0.1) is 23.7 Å². The number of methoxy groups -OCH3 is 1. The van der Waals surface area contributed by atoms with Crippen molar-refractivity contribution in [1.29, 1.82) is 0 Å². The van der Waals surface area contributed by atoms with Crippen LogP contribution in [0.4, 0.5) is 13.2 Å². The number of ether oxygens (including phenoxy) is 2. The van der Waals surface area contributed by atoms with E-state index in [-0.39, 0.29) is 24.6 Å². The Hall–Kier alpha value is -3.81. The Kier molecular flexibility index (Phi) is 8.09. The van der Waals surface area contributed by atoms with Gasteiger partial charge in [0.2, 0.25) is 0 Å².